The molecule has 1 amide bonds. The Balaban J connectivity index is 2.27. The maximum Gasteiger partial charge on any atom is 0.447 e. The summed E-state index contributed by atoms with van der Waals surface area (Å²) in [5.74, 6) is -1.76. The number of carboxylic acids is 1. The normalized spacial score (nSPS) is 21.2. The highest BCUT2D eigenvalue weighted by Crippen LogP contribution is 2.38. The van der Waals surface area contributed by atoms with Crippen LogP contribution in [0.15, 0.2) is 23.4 Å². The minimum absolute atomic E-state index is 0.0800. The largest absolute Gasteiger partial charge is 0.481 e. The quantitative estimate of drug-likeness (QED) is 0.794. The molecule has 2 heterocycles. The van der Waals surface area contributed by atoms with E-state index in [1.807, 2.05) is 0 Å². The molecule has 0 saturated carbocycles. The Kier molecular flexibility index (Phi) is 5.94. The molecule has 1 unspecified atom stereocenters. The standard InChI is InChI=1S/C15H17F3N2O4S/c1-24-9-14(13(22)23)5-3-7-20(8-14)12(21)10-4-2-6-19-11(10)25-15(16,17)18/h2,4,6H,3,5,7-9H2,1H3,(H,22,23). The number of thioether (sulfide) groups is 1. The summed E-state index contributed by atoms with van der Waals surface area (Å²) in [6.45, 7) is 0.0614. The number of carbonyl (C=O) groups excluding carboxylic acids is 1. The van der Waals surface area contributed by atoms with Crippen molar-refractivity contribution >= 4 is 23.6 Å². The molecule has 1 aromatic rings. The first-order valence-electron chi connectivity index (χ1n) is 7.41. The number of alkyl halides is 3. The topological polar surface area (TPSA) is 79.7 Å². The molecule has 25 heavy (non-hydrogen) atoms. The van der Waals surface area contributed by atoms with E-state index in [0.717, 1.165) is 0 Å². The molecule has 1 fully saturated rings. The Morgan fingerprint density at radius 3 is 2.80 bits per heavy atom. The second kappa shape index (κ2) is 7.61. The summed E-state index contributed by atoms with van der Waals surface area (Å²) < 4.78 is 43.0. The third-order valence-corrected chi connectivity index (χ3v) is 4.70. The van der Waals surface area contributed by atoms with E-state index in [-0.39, 0.29) is 25.3 Å². The number of rotatable bonds is 5. The van der Waals surface area contributed by atoms with Crippen LogP contribution in [0.2, 0.25) is 0 Å². The minimum atomic E-state index is -4.58. The van der Waals surface area contributed by atoms with Crippen molar-refractivity contribution in [2.75, 3.05) is 26.8 Å². The predicted octanol–water partition coefficient (Wildman–Crippen LogP) is 2.65. The molecule has 2 rings (SSSR count). The molecule has 1 saturated heterocycles. The van der Waals surface area contributed by atoms with E-state index < -0.39 is 39.6 Å². The molecule has 1 N–H and O–H groups in total. The van der Waals surface area contributed by atoms with Crippen LogP contribution in [0.4, 0.5) is 13.2 Å². The van der Waals surface area contributed by atoms with Gasteiger partial charge in [-0.2, -0.15) is 13.2 Å². The van der Waals surface area contributed by atoms with E-state index in [2.05, 4.69) is 4.98 Å². The van der Waals surface area contributed by atoms with Crippen molar-refractivity contribution in [3.8, 4) is 0 Å². The maximum absolute atomic E-state index is 12.7. The van der Waals surface area contributed by atoms with Crippen LogP contribution in [0.25, 0.3) is 0 Å². The van der Waals surface area contributed by atoms with Crippen molar-refractivity contribution in [3.63, 3.8) is 0 Å². The molecule has 0 radical (unpaired) electrons. The van der Waals surface area contributed by atoms with Gasteiger partial charge in [0.15, 0.2) is 0 Å². The number of carbonyl (C=O) groups is 2. The molecule has 0 aliphatic carbocycles. The molecule has 0 aromatic carbocycles. The Morgan fingerprint density at radius 1 is 1.48 bits per heavy atom. The number of ether oxygens (including phenoxy) is 1. The molecule has 0 bridgehead atoms. The SMILES string of the molecule is COCC1(C(=O)O)CCCN(C(=O)c2cccnc2SC(F)(F)F)C1. The molecule has 6 nitrogen and oxygen atoms in total. The molecule has 1 atom stereocenters. The second-order valence-corrected chi connectivity index (χ2v) is 6.81. The van der Waals surface area contributed by atoms with Crippen molar-refractivity contribution in [2.45, 2.75) is 23.4 Å². The van der Waals surface area contributed by atoms with Gasteiger partial charge in [0.2, 0.25) is 0 Å². The van der Waals surface area contributed by atoms with Crippen LogP contribution >= 0.6 is 11.8 Å². The van der Waals surface area contributed by atoms with E-state index >= 15 is 0 Å². The Labute approximate surface area is 146 Å². The van der Waals surface area contributed by atoms with Crippen LogP contribution < -0.4 is 0 Å². The number of hydrogen-bond acceptors (Lipinski definition) is 5. The highest BCUT2D eigenvalue weighted by atomic mass is 32.2. The fourth-order valence-electron chi connectivity index (χ4n) is 2.85. The fourth-order valence-corrected chi connectivity index (χ4v) is 3.45. The lowest BCUT2D eigenvalue weighted by atomic mass is 9.80. The average molecular weight is 378 g/mol. The third kappa shape index (κ3) is 4.63. The van der Waals surface area contributed by atoms with Crippen LogP contribution in [0, 0.1) is 5.41 Å². The second-order valence-electron chi connectivity index (χ2n) is 5.75. The lowest BCUT2D eigenvalue weighted by Gasteiger charge is -2.39. The van der Waals surface area contributed by atoms with Crippen LogP contribution in [0.3, 0.4) is 0 Å². The lowest BCUT2D eigenvalue weighted by molar-refractivity contribution is -0.155. The van der Waals surface area contributed by atoms with Gasteiger partial charge < -0.3 is 14.7 Å². The van der Waals surface area contributed by atoms with Gasteiger partial charge in [0, 0.05) is 38.2 Å². The van der Waals surface area contributed by atoms with Crippen LogP contribution in [-0.2, 0) is 9.53 Å². The Hall–Kier alpha value is -1.81. The minimum Gasteiger partial charge on any atom is -0.481 e. The van der Waals surface area contributed by atoms with Crippen molar-refractivity contribution in [2.24, 2.45) is 5.41 Å². The number of nitrogens with zero attached hydrogens (tertiary/aromatic N) is 2. The number of aliphatic carboxylic acids is 1. The summed E-state index contributed by atoms with van der Waals surface area (Å²) in [5.41, 5.74) is -6.03. The number of hydrogen-bond donors (Lipinski definition) is 1. The first kappa shape index (κ1) is 19.5. The Bertz CT molecular complexity index is 652. The number of halogens is 3. The zero-order chi connectivity index (χ0) is 18.7. The summed E-state index contributed by atoms with van der Waals surface area (Å²) in [6.07, 6.45) is 1.92. The lowest BCUT2D eigenvalue weighted by Crippen LogP contribution is -2.52. The Morgan fingerprint density at radius 2 is 2.20 bits per heavy atom. The van der Waals surface area contributed by atoms with Crippen LogP contribution in [-0.4, -0.2) is 59.2 Å². The molecule has 138 valence electrons. The first-order chi connectivity index (χ1) is 11.7. The van der Waals surface area contributed by atoms with Crippen molar-refractivity contribution < 1.29 is 32.6 Å². The van der Waals surface area contributed by atoms with E-state index in [4.69, 9.17) is 4.74 Å². The predicted molar refractivity (Wildman–Crippen MR) is 83.2 cm³/mol. The van der Waals surface area contributed by atoms with Gasteiger partial charge in [0.05, 0.1) is 12.2 Å². The van der Waals surface area contributed by atoms with Crippen LogP contribution in [0.1, 0.15) is 23.2 Å². The number of aromatic nitrogens is 1. The van der Waals surface area contributed by atoms with E-state index in [1.54, 1.807) is 0 Å². The van der Waals surface area contributed by atoms with Crippen molar-refractivity contribution in [1.82, 2.24) is 9.88 Å². The van der Waals surface area contributed by atoms with Crippen molar-refractivity contribution in [1.29, 1.82) is 0 Å². The third-order valence-electron chi connectivity index (χ3n) is 3.95. The van der Waals surface area contributed by atoms with Gasteiger partial charge in [-0.25, -0.2) is 4.98 Å². The zero-order valence-corrected chi connectivity index (χ0v) is 14.2. The summed E-state index contributed by atoms with van der Waals surface area (Å²) in [5, 5.41) is 9.07. The number of piperidine rings is 1. The highest BCUT2D eigenvalue weighted by molar-refractivity contribution is 8.00. The van der Waals surface area contributed by atoms with Gasteiger partial charge in [-0.15, -0.1) is 0 Å². The van der Waals surface area contributed by atoms with Gasteiger partial charge in [-0.05, 0) is 25.0 Å². The molecule has 1 aliphatic rings. The molecular formula is C15H17F3N2O4S. The zero-order valence-electron chi connectivity index (χ0n) is 13.4. The smallest absolute Gasteiger partial charge is 0.447 e. The fraction of sp³-hybridized carbons (Fsp3) is 0.533. The van der Waals surface area contributed by atoms with Gasteiger partial charge >= 0.3 is 11.5 Å². The molecule has 1 aliphatic heterocycles. The van der Waals surface area contributed by atoms with Gasteiger partial charge in [0.25, 0.3) is 5.91 Å². The number of amides is 1. The summed E-state index contributed by atoms with van der Waals surface area (Å²) in [6, 6.07) is 2.63. The number of carboxylic acid groups (broad SMARTS) is 1. The number of pyridine rings is 1. The summed E-state index contributed by atoms with van der Waals surface area (Å²) >= 11 is -0.463. The van der Waals surface area contributed by atoms with Gasteiger partial charge in [0.1, 0.15) is 10.4 Å². The molecule has 1 aromatic heterocycles. The van der Waals surface area contributed by atoms with E-state index in [0.29, 0.717) is 12.8 Å². The monoisotopic (exact) mass is 378 g/mol. The van der Waals surface area contributed by atoms with E-state index in [9.17, 15) is 27.9 Å². The maximum atomic E-state index is 12.7. The van der Waals surface area contributed by atoms with Crippen LogP contribution in [0.5, 0.6) is 0 Å². The number of likely N-dealkylation sites (tertiary alicyclic amines) is 1. The first-order valence-corrected chi connectivity index (χ1v) is 8.22. The van der Waals surface area contributed by atoms with Crippen molar-refractivity contribution in [3.05, 3.63) is 23.9 Å². The summed E-state index contributed by atoms with van der Waals surface area (Å²) in [4.78, 5) is 29.2. The summed E-state index contributed by atoms with van der Waals surface area (Å²) in [7, 11) is 1.37. The molecule has 10 heteroatoms. The van der Waals surface area contributed by atoms with Gasteiger partial charge in [-0.3, -0.25) is 9.59 Å². The molecule has 0 spiro atoms. The highest BCUT2D eigenvalue weighted by Gasteiger charge is 2.44. The van der Waals surface area contributed by atoms with E-state index in [1.165, 1.54) is 30.3 Å². The average Bonchev–Trinajstić information content (AvgIpc) is 2.53. The van der Waals surface area contributed by atoms with Gasteiger partial charge in [-0.1, -0.05) is 0 Å². The molecular weight excluding hydrogens is 361 g/mol. The number of methoxy groups -OCH3 is 1.